The van der Waals surface area contributed by atoms with Gasteiger partial charge in [-0.25, -0.2) is 8.78 Å². The quantitative estimate of drug-likeness (QED) is 0.753. The summed E-state index contributed by atoms with van der Waals surface area (Å²) in [7, 11) is 0. The van der Waals surface area contributed by atoms with Gasteiger partial charge in [0.2, 0.25) is 11.8 Å². The van der Waals surface area contributed by atoms with Crippen molar-refractivity contribution in [1.29, 1.82) is 0 Å². The Balaban J connectivity index is 1.71. The van der Waals surface area contributed by atoms with Gasteiger partial charge < -0.3 is 10.0 Å². The summed E-state index contributed by atoms with van der Waals surface area (Å²) in [6, 6.07) is 0. The van der Waals surface area contributed by atoms with Crippen molar-refractivity contribution in [2.75, 3.05) is 13.1 Å². The normalized spacial score (nSPS) is 28.1. The average Bonchev–Trinajstić information content (AvgIpc) is 1.96. The molecule has 2 aliphatic rings. The molecule has 1 aliphatic heterocycles. The molecule has 2 rings (SSSR count). The SMILES string of the molecule is CC1(O)CN(C(=O)CC2CC(F)(F)C2)C1. The van der Waals surface area contributed by atoms with Crippen LogP contribution in [0.15, 0.2) is 0 Å². The highest BCUT2D eigenvalue weighted by Gasteiger charge is 2.47. The van der Waals surface area contributed by atoms with Crippen molar-refractivity contribution >= 4 is 5.91 Å². The summed E-state index contributed by atoms with van der Waals surface area (Å²) in [5.41, 5.74) is -0.779. The van der Waals surface area contributed by atoms with Crippen LogP contribution in [0.3, 0.4) is 0 Å². The highest BCUT2D eigenvalue weighted by molar-refractivity contribution is 5.77. The van der Waals surface area contributed by atoms with Crippen LogP contribution in [0.5, 0.6) is 0 Å². The van der Waals surface area contributed by atoms with Crippen molar-refractivity contribution in [3.8, 4) is 0 Å². The molecule has 0 aromatic heterocycles. The number of carbonyl (C=O) groups is 1. The summed E-state index contributed by atoms with van der Waals surface area (Å²) < 4.78 is 25.0. The smallest absolute Gasteiger partial charge is 0.248 e. The number of likely N-dealkylation sites (tertiary alicyclic amines) is 1. The van der Waals surface area contributed by atoms with Gasteiger partial charge in [-0.1, -0.05) is 0 Å². The van der Waals surface area contributed by atoms with Gasteiger partial charge in [0, 0.05) is 19.3 Å². The molecular formula is C10H15F2NO2. The number of rotatable bonds is 2. The van der Waals surface area contributed by atoms with E-state index in [0.29, 0.717) is 13.1 Å². The first-order valence-corrected chi connectivity index (χ1v) is 5.15. The first kappa shape index (κ1) is 10.8. The third kappa shape index (κ3) is 2.27. The van der Waals surface area contributed by atoms with Crippen LogP contribution in [0.2, 0.25) is 0 Å². The van der Waals surface area contributed by atoms with E-state index in [0.717, 1.165) is 0 Å². The lowest BCUT2D eigenvalue weighted by molar-refractivity contribution is -0.159. The van der Waals surface area contributed by atoms with Gasteiger partial charge in [0.15, 0.2) is 0 Å². The fourth-order valence-corrected chi connectivity index (χ4v) is 2.26. The van der Waals surface area contributed by atoms with Gasteiger partial charge in [-0.15, -0.1) is 0 Å². The maximum atomic E-state index is 12.5. The molecular weight excluding hydrogens is 204 g/mol. The molecule has 3 nitrogen and oxygen atoms in total. The molecule has 0 unspecified atom stereocenters. The third-order valence-corrected chi connectivity index (χ3v) is 3.05. The topological polar surface area (TPSA) is 40.5 Å². The van der Waals surface area contributed by atoms with Gasteiger partial charge in [0.25, 0.3) is 0 Å². The second kappa shape index (κ2) is 3.14. The Kier molecular flexibility index (Phi) is 2.26. The number of nitrogens with zero attached hydrogens (tertiary/aromatic N) is 1. The fourth-order valence-electron chi connectivity index (χ4n) is 2.26. The average molecular weight is 219 g/mol. The van der Waals surface area contributed by atoms with E-state index in [1.807, 2.05) is 0 Å². The van der Waals surface area contributed by atoms with Crippen molar-refractivity contribution in [3.63, 3.8) is 0 Å². The molecule has 2 fully saturated rings. The standard InChI is InChI=1S/C10H15F2NO2/c1-9(15)5-13(6-9)8(14)2-7-3-10(11,12)4-7/h7,15H,2-6H2,1H3. The van der Waals surface area contributed by atoms with Crippen LogP contribution >= 0.6 is 0 Å². The Bertz CT molecular complexity index is 275. The van der Waals surface area contributed by atoms with Crippen molar-refractivity contribution < 1.29 is 18.7 Å². The molecule has 1 N–H and O–H groups in total. The summed E-state index contributed by atoms with van der Waals surface area (Å²) in [5, 5.41) is 9.41. The first-order valence-electron chi connectivity index (χ1n) is 5.15. The Morgan fingerprint density at radius 1 is 1.47 bits per heavy atom. The summed E-state index contributed by atoms with van der Waals surface area (Å²) >= 11 is 0. The Labute approximate surface area is 87.1 Å². The van der Waals surface area contributed by atoms with E-state index >= 15 is 0 Å². The zero-order chi connectivity index (χ0) is 11.3. The molecule has 1 amide bonds. The second-order valence-corrected chi connectivity index (χ2v) is 5.08. The van der Waals surface area contributed by atoms with E-state index in [-0.39, 0.29) is 31.1 Å². The van der Waals surface area contributed by atoms with Gasteiger partial charge in [-0.3, -0.25) is 4.79 Å². The molecule has 15 heavy (non-hydrogen) atoms. The number of halogens is 2. The minimum absolute atomic E-state index is 0.109. The van der Waals surface area contributed by atoms with Crippen LogP contribution in [0.4, 0.5) is 8.78 Å². The number of amides is 1. The molecule has 0 radical (unpaired) electrons. The lowest BCUT2D eigenvalue weighted by atomic mass is 9.78. The Hall–Kier alpha value is -0.710. The number of aliphatic hydroxyl groups is 1. The lowest BCUT2D eigenvalue weighted by Gasteiger charge is -2.45. The molecule has 0 aromatic rings. The van der Waals surface area contributed by atoms with Crippen LogP contribution in [-0.4, -0.2) is 40.5 Å². The van der Waals surface area contributed by atoms with Crippen molar-refractivity contribution in [3.05, 3.63) is 0 Å². The van der Waals surface area contributed by atoms with Gasteiger partial charge in [-0.05, 0) is 12.8 Å². The summed E-state index contributed by atoms with van der Waals surface area (Å²) in [6.45, 7) is 2.32. The summed E-state index contributed by atoms with van der Waals surface area (Å²) in [6.07, 6.45) is -0.127. The van der Waals surface area contributed by atoms with E-state index in [9.17, 15) is 18.7 Å². The predicted octanol–water partition coefficient (Wildman–Crippen LogP) is 1.01. The molecule has 86 valence electrons. The Morgan fingerprint density at radius 2 is 2.00 bits per heavy atom. The number of carbonyl (C=O) groups excluding carboxylic acids is 1. The van der Waals surface area contributed by atoms with Crippen LogP contribution in [0.25, 0.3) is 0 Å². The zero-order valence-corrected chi connectivity index (χ0v) is 8.67. The van der Waals surface area contributed by atoms with Crippen molar-refractivity contribution in [1.82, 2.24) is 4.90 Å². The molecule has 0 aromatic carbocycles. The molecule has 1 heterocycles. The monoisotopic (exact) mass is 219 g/mol. The zero-order valence-electron chi connectivity index (χ0n) is 8.67. The number of hydrogen-bond acceptors (Lipinski definition) is 2. The lowest BCUT2D eigenvalue weighted by Crippen LogP contribution is -2.62. The molecule has 1 saturated heterocycles. The summed E-state index contributed by atoms with van der Waals surface area (Å²) in [4.78, 5) is 13.0. The van der Waals surface area contributed by atoms with Crippen LogP contribution in [0.1, 0.15) is 26.2 Å². The van der Waals surface area contributed by atoms with Crippen molar-refractivity contribution in [2.24, 2.45) is 5.92 Å². The number of alkyl halides is 2. The van der Waals surface area contributed by atoms with E-state index in [4.69, 9.17) is 0 Å². The highest BCUT2D eigenvalue weighted by atomic mass is 19.3. The van der Waals surface area contributed by atoms with Crippen LogP contribution in [0, 0.1) is 5.92 Å². The fraction of sp³-hybridized carbons (Fsp3) is 0.900. The molecule has 0 atom stereocenters. The van der Waals surface area contributed by atoms with Gasteiger partial charge in [0.1, 0.15) is 0 Å². The molecule has 0 bridgehead atoms. The van der Waals surface area contributed by atoms with Crippen molar-refractivity contribution in [2.45, 2.75) is 37.7 Å². The maximum Gasteiger partial charge on any atom is 0.248 e. The van der Waals surface area contributed by atoms with Crippen LogP contribution in [-0.2, 0) is 4.79 Å². The maximum absolute atomic E-state index is 12.5. The predicted molar refractivity (Wildman–Crippen MR) is 49.5 cm³/mol. The third-order valence-electron chi connectivity index (χ3n) is 3.05. The largest absolute Gasteiger partial charge is 0.386 e. The molecule has 1 aliphatic carbocycles. The van der Waals surface area contributed by atoms with Gasteiger partial charge in [-0.2, -0.15) is 0 Å². The second-order valence-electron chi connectivity index (χ2n) is 5.08. The van der Waals surface area contributed by atoms with E-state index in [1.165, 1.54) is 4.90 Å². The minimum atomic E-state index is -2.55. The van der Waals surface area contributed by atoms with Gasteiger partial charge >= 0.3 is 0 Å². The molecule has 5 heteroatoms. The van der Waals surface area contributed by atoms with E-state index in [1.54, 1.807) is 6.92 Å². The van der Waals surface area contributed by atoms with Gasteiger partial charge in [0.05, 0.1) is 18.7 Å². The first-order chi connectivity index (χ1) is 6.77. The summed E-state index contributed by atoms with van der Waals surface area (Å²) in [5.74, 6) is -2.83. The van der Waals surface area contributed by atoms with Crippen LogP contribution < -0.4 is 0 Å². The molecule has 1 saturated carbocycles. The highest BCUT2D eigenvalue weighted by Crippen LogP contribution is 2.44. The number of β-amino-alcohol motifs (C(OH)–C–C–N with tert-alkyl or cyclic N) is 1. The van der Waals surface area contributed by atoms with E-state index in [2.05, 4.69) is 0 Å². The molecule has 0 spiro atoms. The number of hydrogen-bond donors (Lipinski definition) is 1. The Morgan fingerprint density at radius 3 is 2.40 bits per heavy atom. The minimum Gasteiger partial charge on any atom is -0.386 e. The van der Waals surface area contributed by atoms with E-state index < -0.39 is 11.5 Å².